The summed E-state index contributed by atoms with van der Waals surface area (Å²) in [7, 11) is 0. The molecule has 1 atom stereocenters. The highest BCUT2D eigenvalue weighted by atomic mass is 32.2. The van der Waals surface area contributed by atoms with Gasteiger partial charge in [-0.2, -0.15) is 0 Å². The van der Waals surface area contributed by atoms with Crippen LogP contribution in [0, 0.1) is 0 Å². The summed E-state index contributed by atoms with van der Waals surface area (Å²) in [5.74, 6) is 2.28. The second-order valence-electron chi connectivity index (χ2n) is 5.08. The van der Waals surface area contributed by atoms with Crippen molar-refractivity contribution in [2.24, 2.45) is 5.73 Å². The summed E-state index contributed by atoms with van der Waals surface area (Å²) in [5.41, 5.74) is 6.96. The molecule has 0 bridgehead atoms. The molecule has 2 aromatic rings. The lowest BCUT2D eigenvalue weighted by Crippen LogP contribution is -2.14. The Morgan fingerprint density at radius 3 is 2.90 bits per heavy atom. The smallest absolute Gasteiger partial charge is 0.159 e. The van der Waals surface area contributed by atoms with Crippen LogP contribution in [0.4, 0.5) is 0 Å². The molecule has 0 amide bonds. The highest BCUT2D eigenvalue weighted by Gasteiger charge is 2.26. The van der Waals surface area contributed by atoms with Gasteiger partial charge in [-0.25, -0.2) is 4.98 Å². The number of para-hydroxylation sites is 1. The van der Waals surface area contributed by atoms with E-state index >= 15 is 0 Å². The second-order valence-corrected chi connectivity index (χ2v) is 7.26. The van der Waals surface area contributed by atoms with Crippen LogP contribution in [0.25, 0.3) is 0 Å². The van der Waals surface area contributed by atoms with Crippen LogP contribution in [0.15, 0.2) is 29.2 Å². The van der Waals surface area contributed by atoms with Crippen molar-refractivity contribution < 1.29 is 4.74 Å². The summed E-state index contributed by atoms with van der Waals surface area (Å²) in [6, 6.07) is 8.18. The van der Waals surface area contributed by atoms with Gasteiger partial charge in [0.05, 0.1) is 5.69 Å². The maximum absolute atomic E-state index is 6.10. The molecule has 2 N–H and O–H groups in total. The number of nitrogens with zero attached hydrogens (tertiary/aromatic N) is 1. The molecule has 1 aromatic heterocycles. The van der Waals surface area contributed by atoms with E-state index in [2.05, 4.69) is 19.9 Å². The maximum Gasteiger partial charge on any atom is 0.159 e. The van der Waals surface area contributed by atoms with Crippen LogP contribution in [0.5, 0.6) is 5.75 Å². The molecule has 3 rings (SSSR count). The lowest BCUT2D eigenvalue weighted by Gasteiger charge is -2.23. The number of fused-ring (bicyclic) bond motifs is 1. The van der Waals surface area contributed by atoms with Crippen molar-refractivity contribution in [2.45, 2.75) is 37.3 Å². The van der Waals surface area contributed by atoms with E-state index in [1.54, 1.807) is 11.3 Å². The van der Waals surface area contributed by atoms with Gasteiger partial charge in [0.1, 0.15) is 10.8 Å². The maximum atomic E-state index is 6.10. The van der Waals surface area contributed by atoms with E-state index in [0.29, 0.717) is 12.5 Å². The lowest BCUT2D eigenvalue weighted by atomic mass is 10.1. The summed E-state index contributed by atoms with van der Waals surface area (Å²) in [4.78, 5) is 7.17. The average molecular weight is 306 g/mol. The number of hydrogen-bond donors (Lipinski definition) is 1. The molecule has 1 aromatic carbocycles. The highest BCUT2D eigenvalue weighted by molar-refractivity contribution is 7.99. The van der Waals surface area contributed by atoms with Crippen LogP contribution < -0.4 is 10.5 Å². The number of hydrogen-bond acceptors (Lipinski definition) is 5. The summed E-state index contributed by atoms with van der Waals surface area (Å²) >= 11 is 3.53. The van der Waals surface area contributed by atoms with Gasteiger partial charge in [-0.3, -0.25) is 0 Å². The molecule has 5 heteroatoms. The van der Waals surface area contributed by atoms with Crippen molar-refractivity contribution in [3.63, 3.8) is 0 Å². The zero-order valence-corrected chi connectivity index (χ0v) is 13.3. The Morgan fingerprint density at radius 1 is 1.40 bits per heavy atom. The van der Waals surface area contributed by atoms with Crippen LogP contribution in [0.3, 0.4) is 0 Å². The molecule has 0 spiro atoms. The number of thiazole rings is 1. The summed E-state index contributed by atoms with van der Waals surface area (Å²) < 4.78 is 6.10. The predicted octanol–water partition coefficient (Wildman–Crippen LogP) is 3.95. The first-order chi connectivity index (χ1) is 9.69. The molecule has 0 aliphatic carbocycles. The molecule has 106 valence electrons. The fourth-order valence-electron chi connectivity index (χ4n) is 2.26. The van der Waals surface area contributed by atoms with Gasteiger partial charge in [-0.1, -0.05) is 26.0 Å². The van der Waals surface area contributed by atoms with Gasteiger partial charge >= 0.3 is 0 Å². The van der Waals surface area contributed by atoms with Crippen LogP contribution in [-0.4, -0.2) is 10.7 Å². The average Bonchev–Trinajstić information content (AvgIpc) is 2.91. The number of nitrogens with two attached hydrogens (primary N) is 1. The van der Waals surface area contributed by atoms with Crippen molar-refractivity contribution >= 4 is 23.1 Å². The molecular formula is C15H18N2OS2. The van der Waals surface area contributed by atoms with Crippen molar-refractivity contribution in [1.29, 1.82) is 0 Å². The molecule has 1 aliphatic rings. The molecule has 3 nitrogen and oxygen atoms in total. The normalized spacial score (nSPS) is 17.9. The molecule has 20 heavy (non-hydrogen) atoms. The van der Waals surface area contributed by atoms with Gasteiger partial charge in [0.25, 0.3) is 0 Å². The lowest BCUT2D eigenvalue weighted by molar-refractivity contribution is 0.219. The fourth-order valence-corrected chi connectivity index (χ4v) is 4.48. The van der Waals surface area contributed by atoms with Crippen molar-refractivity contribution in [3.8, 4) is 5.75 Å². The SMILES string of the molecule is CC(C)c1nc(C2CSc3ccccc3O2)sc1CN. The van der Waals surface area contributed by atoms with Crippen LogP contribution in [-0.2, 0) is 6.54 Å². The number of benzene rings is 1. The van der Waals surface area contributed by atoms with Gasteiger partial charge in [-0.05, 0) is 18.1 Å². The zero-order valence-electron chi connectivity index (χ0n) is 11.6. The molecule has 1 unspecified atom stereocenters. The second kappa shape index (κ2) is 5.76. The van der Waals surface area contributed by atoms with Gasteiger partial charge < -0.3 is 10.5 Å². The van der Waals surface area contributed by atoms with Crippen molar-refractivity contribution in [1.82, 2.24) is 4.98 Å². The molecular weight excluding hydrogens is 288 g/mol. The third-order valence-corrected chi connectivity index (χ3v) is 5.56. The third kappa shape index (κ3) is 2.57. The number of aromatic nitrogens is 1. The van der Waals surface area contributed by atoms with Gasteiger partial charge in [0.2, 0.25) is 0 Å². The van der Waals surface area contributed by atoms with Crippen LogP contribution in [0.2, 0.25) is 0 Å². The molecule has 0 saturated heterocycles. The van der Waals surface area contributed by atoms with Crippen LogP contribution in [0.1, 0.15) is 41.4 Å². The largest absolute Gasteiger partial charge is 0.481 e. The molecule has 1 aliphatic heterocycles. The Morgan fingerprint density at radius 2 is 2.20 bits per heavy atom. The van der Waals surface area contributed by atoms with E-state index in [9.17, 15) is 0 Å². The van der Waals surface area contributed by atoms with Gasteiger partial charge in [0.15, 0.2) is 6.10 Å². The molecule has 0 radical (unpaired) electrons. The Labute approximate surface area is 127 Å². The standard InChI is InChI=1S/C15H18N2OS2/c1-9(2)14-13(7-16)20-15(17-14)11-8-19-12-6-4-3-5-10(12)18-11/h3-6,9,11H,7-8,16H2,1-2H3. The minimum Gasteiger partial charge on any atom is -0.481 e. The van der Waals surface area contributed by atoms with Gasteiger partial charge in [0, 0.05) is 22.1 Å². The first kappa shape index (κ1) is 13.9. The van der Waals surface area contributed by atoms with Crippen LogP contribution >= 0.6 is 23.1 Å². The zero-order chi connectivity index (χ0) is 14.1. The Balaban J connectivity index is 1.88. The molecule has 2 heterocycles. The quantitative estimate of drug-likeness (QED) is 0.932. The molecule has 0 fully saturated rings. The minimum absolute atomic E-state index is 0.0395. The summed E-state index contributed by atoms with van der Waals surface area (Å²) in [5, 5.41) is 1.05. The van der Waals surface area contributed by atoms with Crippen molar-refractivity contribution in [2.75, 3.05) is 5.75 Å². The third-order valence-electron chi connectivity index (χ3n) is 3.26. The van der Waals surface area contributed by atoms with E-state index in [0.717, 1.165) is 22.2 Å². The Bertz CT molecular complexity index is 610. The highest BCUT2D eigenvalue weighted by Crippen LogP contribution is 2.41. The summed E-state index contributed by atoms with van der Waals surface area (Å²) in [6.45, 7) is 4.87. The molecule has 0 saturated carbocycles. The number of ether oxygens (including phenoxy) is 1. The van der Waals surface area contributed by atoms with Gasteiger partial charge in [-0.15, -0.1) is 23.1 Å². The van der Waals surface area contributed by atoms with Crippen molar-refractivity contribution in [3.05, 3.63) is 39.8 Å². The van der Waals surface area contributed by atoms with E-state index < -0.39 is 0 Å². The Hall–Kier alpha value is -1.04. The summed E-state index contributed by atoms with van der Waals surface area (Å²) in [6.07, 6.45) is 0.0395. The van der Waals surface area contributed by atoms with E-state index in [1.165, 1.54) is 9.77 Å². The Kier molecular flexibility index (Phi) is 4.01. The number of thioether (sulfide) groups is 1. The fraction of sp³-hybridized carbons (Fsp3) is 0.400. The van der Waals surface area contributed by atoms with E-state index in [1.807, 2.05) is 30.0 Å². The topological polar surface area (TPSA) is 48.1 Å². The first-order valence-corrected chi connectivity index (χ1v) is 8.57. The minimum atomic E-state index is 0.0395. The first-order valence-electron chi connectivity index (χ1n) is 6.77. The number of rotatable bonds is 3. The predicted molar refractivity (Wildman–Crippen MR) is 84.6 cm³/mol. The van der Waals surface area contributed by atoms with E-state index in [-0.39, 0.29) is 6.10 Å². The van der Waals surface area contributed by atoms with E-state index in [4.69, 9.17) is 15.5 Å². The monoisotopic (exact) mass is 306 g/mol.